The molecule has 0 spiro atoms. The smallest absolute Gasteiger partial charge is 0.252 e. The lowest BCUT2D eigenvalue weighted by Gasteiger charge is -2.41. The highest BCUT2D eigenvalue weighted by Gasteiger charge is 2.35. The first kappa shape index (κ1) is 27.2. The molecule has 0 saturated heterocycles. The fourth-order valence-corrected chi connectivity index (χ4v) is 5.45. The van der Waals surface area contributed by atoms with Crippen molar-refractivity contribution in [2.45, 2.75) is 63.3 Å². The summed E-state index contributed by atoms with van der Waals surface area (Å²) >= 11 is 0. The van der Waals surface area contributed by atoms with Gasteiger partial charge in [0.25, 0.3) is 5.91 Å². The van der Waals surface area contributed by atoms with Gasteiger partial charge in [-0.3, -0.25) is 14.8 Å². The van der Waals surface area contributed by atoms with Crippen molar-refractivity contribution in [1.29, 1.82) is 5.26 Å². The molecule has 1 atom stereocenters. The third-order valence-corrected chi connectivity index (χ3v) is 7.77. The minimum Gasteiger partial charge on any atom is -0.387 e. The highest BCUT2D eigenvalue weighted by Crippen LogP contribution is 2.38. The first-order valence-corrected chi connectivity index (χ1v) is 13.4. The number of rotatable bonds is 8. The molecule has 0 aromatic carbocycles. The van der Waals surface area contributed by atoms with E-state index >= 15 is 4.39 Å². The van der Waals surface area contributed by atoms with E-state index < -0.39 is 17.7 Å². The van der Waals surface area contributed by atoms with Crippen molar-refractivity contribution >= 4 is 17.1 Å². The lowest BCUT2D eigenvalue weighted by atomic mass is 9.81. The minimum absolute atomic E-state index is 0.0813. The van der Waals surface area contributed by atoms with Gasteiger partial charge >= 0.3 is 0 Å². The number of amides is 1. The summed E-state index contributed by atoms with van der Waals surface area (Å²) < 4.78 is 17.1. The molecule has 0 bridgehead atoms. The van der Waals surface area contributed by atoms with Crippen LogP contribution in [0.1, 0.15) is 66.9 Å². The molecule has 9 nitrogen and oxygen atoms in total. The molecule has 3 N–H and O–H groups in total. The number of carbonyl (C=O) groups excluding carboxylic acids is 1. The summed E-state index contributed by atoms with van der Waals surface area (Å²) in [4.78, 5) is 23.2. The molecule has 0 unspecified atom stereocenters. The van der Waals surface area contributed by atoms with Gasteiger partial charge in [0.15, 0.2) is 0 Å². The van der Waals surface area contributed by atoms with Crippen LogP contribution in [0.4, 0.5) is 10.1 Å². The van der Waals surface area contributed by atoms with E-state index in [4.69, 9.17) is 5.73 Å². The number of nitriles is 1. The molecule has 1 aliphatic rings. The number of nitrogens with two attached hydrogens (primary N) is 1. The zero-order chi connectivity index (χ0) is 28.4. The fourth-order valence-electron chi connectivity index (χ4n) is 5.45. The molecule has 40 heavy (non-hydrogen) atoms. The van der Waals surface area contributed by atoms with Crippen molar-refractivity contribution in [3.63, 3.8) is 0 Å². The molecule has 1 aliphatic carbocycles. The van der Waals surface area contributed by atoms with Gasteiger partial charge in [0, 0.05) is 24.6 Å². The lowest BCUT2D eigenvalue weighted by Crippen LogP contribution is -2.48. The van der Waals surface area contributed by atoms with Crippen molar-refractivity contribution in [3.05, 3.63) is 77.9 Å². The van der Waals surface area contributed by atoms with Crippen LogP contribution in [0.2, 0.25) is 0 Å². The van der Waals surface area contributed by atoms with Gasteiger partial charge < -0.3 is 15.7 Å². The van der Waals surface area contributed by atoms with Crippen LogP contribution in [-0.2, 0) is 0 Å². The topological polar surface area (TPSA) is 133 Å². The van der Waals surface area contributed by atoms with Crippen LogP contribution in [0, 0.1) is 11.3 Å². The summed E-state index contributed by atoms with van der Waals surface area (Å²) in [5.74, 6) is -0.319. The Labute approximate surface area is 232 Å². The summed E-state index contributed by atoms with van der Waals surface area (Å²) in [6.07, 6.45) is 8.25. The van der Waals surface area contributed by atoms with E-state index in [0.717, 1.165) is 25.7 Å². The van der Waals surface area contributed by atoms with E-state index in [1.807, 2.05) is 29.3 Å². The van der Waals surface area contributed by atoms with Crippen LogP contribution < -0.4 is 10.6 Å². The van der Waals surface area contributed by atoms with Crippen molar-refractivity contribution in [3.8, 4) is 17.5 Å². The molecule has 206 valence electrons. The Morgan fingerprint density at radius 2 is 2.00 bits per heavy atom. The average Bonchev–Trinajstić information content (AvgIpc) is 3.38. The number of primary amides is 1. The largest absolute Gasteiger partial charge is 0.387 e. The monoisotopic (exact) mass is 541 g/mol. The second-order valence-corrected chi connectivity index (χ2v) is 10.9. The van der Waals surface area contributed by atoms with Gasteiger partial charge in [-0.25, -0.2) is 8.91 Å². The third-order valence-electron chi connectivity index (χ3n) is 7.77. The number of halogens is 1. The molecule has 5 rings (SSSR count). The number of pyridine rings is 2. The van der Waals surface area contributed by atoms with Gasteiger partial charge in [0.05, 0.1) is 52.1 Å². The van der Waals surface area contributed by atoms with Crippen LogP contribution in [-0.4, -0.2) is 55.0 Å². The maximum absolute atomic E-state index is 15.5. The molecule has 10 heteroatoms. The second-order valence-electron chi connectivity index (χ2n) is 10.9. The summed E-state index contributed by atoms with van der Waals surface area (Å²) in [5, 5.41) is 24.1. The van der Waals surface area contributed by atoms with Crippen LogP contribution in [0.5, 0.6) is 0 Å². The van der Waals surface area contributed by atoms with Gasteiger partial charge in [-0.15, -0.1) is 0 Å². The Bertz CT molecular complexity index is 1550. The van der Waals surface area contributed by atoms with E-state index in [1.54, 1.807) is 22.8 Å². The van der Waals surface area contributed by atoms with E-state index in [0.29, 0.717) is 34.1 Å². The summed E-state index contributed by atoms with van der Waals surface area (Å²) in [7, 11) is 0. The normalized spacial score (nSPS) is 18.3. The first-order chi connectivity index (χ1) is 19.2. The van der Waals surface area contributed by atoms with Gasteiger partial charge in [0.1, 0.15) is 12.2 Å². The zero-order valence-electron chi connectivity index (χ0n) is 22.5. The Hall–Kier alpha value is -4.36. The number of fused-ring (bicyclic) bond motifs is 1. The van der Waals surface area contributed by atoms with E-state index in [1.165, 1.54) is 31.8 Å². The summed E-state index contributed by atoms with van der Waals surface area (Å²) in [6, 6.07) is 13.1. The van der Waals surface area contributed by atoms with Crippen molar-refractivity contribution in [2.75, 3.05) is 11.4 Å². The second kappa shape index (κ2) is 11.0. The predicted octanol–water partition coefficient (Wildman–Crippen LogP) is 4.40. The average molecular weight is 542 g/mol. The molecule has 1 amide bonds. The number of carbonyl (C=O) groups is 1. The van der Waals surface area contributed by atoms with Crippen molar-refractivity contribution < 1.29 is 14.3 Å². The molecular formula is C30H32FN7O2. The molecule has 1 saturated carbocycles. The number of nitrogens with zero attached hydrogens (tertiary/aromatic N) is 6. The minimum atomic E-state index is -1.58. The SMILES string of the molecule is CC(C)(O)[C@H](F)CN(c1cc(-c2ccc3cc(C#N)cnn23)ncc1C(N)=O)C1CCC(c2cccnc2)CC1. The Kier molecular flexibility index (Phi) is 7.50. The predicted molar refractivity (Wildman–Crippen MR) is 149 cm³/mol. The number of hydrogen-bond donors (Lipinski definition) is 2. The number of aromatic nitrogens is 4. The van der Waals surface area contributed by atoms with Crippen LogP contribution in [0.15, 0.2) is 61.2 Å². The highest BCUT2D eigenvalue weighted by atomic mass is 19.1. The fraction of sp³-hybridized carbons (Fsp3) is 0.367. The summed E-state index contributed by atoms with van der Waals surface area (Å²) in [5.41, 5.74) is 8.36. The number of aliphatic hydroxyl groups is 1. The lowest BCUT2D eigenvalue weighted by molar-refractivity contribution is -0.000439. The maximum atomic E-state index is 15.5. The van der Waals surface area contributed by atoms with Gasteiger partial charge in [-0.05, 0) is 81.3 Å². The standard InChI is InChI=1S/C30H32FN7O2/c1-30(2,40)28(31)18-37(22-7-5-20(6-8-22)21-4-3-11-34-16-21)27-13-25(35-17-24(27)29(33)39)26-10-9-23-12-19(14-32)15-36-38(23)26/h3-4,9-13,15-17,20,22,28,40H,5-8,18H2,1-2H3,(H2,33,39)/t20?,22?,28-/m1/s1. The molecule has 1 fully saturated rings. The van der Waals surface area contributed by atoms with Gasteiger partial charge in [-0.1, -0.05) is 6.07 Å². The molecule has 4 aromatic rings. The molecule has 0 radical (unpaired) electrons. The maximum Gasteiger partial charge on any atom is 0.252 e. The van der Waals surface area contributed by atoms with Gasteiger partial charge in [-0.2, -0.15) is 10.4 Å². The van der Waals surface area contributed by atoms with E-state index in [-0.39, 0.29) is 18.2 Å². The van der Waals surface area contributed by atoms with Crippen LogP contribution in [0.3, 0.4) is 0 Å². The van der Waals surface area contributed by atoms with E-state index in [2.05, 4.69) is 27.2 Å². The first-order valence-electron chi connectivity index (χ1n) is 13.4. The zero-order valence-corrected chi connectivity index (χ0v) is 22.5. The van der Waals surface area contributed by atoms with Crippen LogP contribution in [0.25, 0.3) is 16.9 Å². The third kappa shape index (κ3) is 5.51. The molecular weight excluding hydrogens is 509 g/mol. The van der Waals surface area contributed by atoms with Crippen molar-refractivity contribution in [1.82, 2.24) is 19.6 Å². The number of hydrogen-bond acceptors (Lipinski definition) is 7. The van der Waals surface area contributed by atoms with Crippen molar-refractivity contribution in [2.24, 2.45) is 5.73 Å². The summed E-state index contributed by atoms with van der Waals surface area (Å²) in [6.45, 7) is 2.76. The van der Waals surface area contributed by atoms with Gasteiger partial charge in [0.2, 0.25) is 0 Å². The Morgan fingerprint density at radius 3 is 2.65 bits per heavy atom. The molecule has 4 aromatic heterocycles. The highest BCUT2D eigenvalue weighted by molar-refractivity contribution is 5.99. The Balaban J connectivity index is 1.54. The quantitative estimate of drug-likeness (QED) is 0.338. The Morgan fingerprint density at radius 1 is 1.23 bits per heavy atom. The molecule has 0 aliphatic heterocycles. The van der Waals surface area contributed by atoms with E-state index in [9.17, 15) is 15.2 Å². The number of anilines is 1. The molecule has 4 heterocycles. The van der Waals surface area contributed by atoms with Crippen LogP contribution >= 0.6 is 0 Å². The number of alkyl halides is 1.